The van der Waals surface area contributed by atoms with Crippen molar-refractivity contribution in [1.82, 2.24) is 21.5 Å². The summed E-state index contributed by atoms with van der Waals surface area (Å²) in [4.78, 5) is 17.6. The monoisotopic (exact) mass is 482 g/mol. The normalized spacial score (nSPS) is 18.2. The summed E-state index contributed by atoms with van der Waals surface area (Å²) in [6.45, 7) is 5.13. The SMILES string of the molecule is COCCOCC(C)(C)NC(=NC1CC(c2ccc(F)cc2)NN1)NC(=O)c1cccc(C#N)c1. The van der Waals surface area contributed by atoms with Crippen molar-refractivity contribution >= 4 is 11.9 Å². The molecule has 2 aromatic carbocycles. The van der Waals surface area contributed by atoms with E-state index in [1.54, 1.807) is 37.4 Å². The standard InChI is InChI=1S/C25H31FN6O3/c1-25(2,16-35-12-11-34-3)30-24(29-23(33)19-6-4-5-17(13-19)15-27)28-22-14-21(31-32-22)18-7-9-20(26)10-8-18/h4-10,13,21-22,31-32H,11-12,14,16H2,1-3H3,(H2,28,29,30,33). The second-order valence-electron chi connectivity index (χ2n) is 8.82. The van der Waals surface area contributed by atoms with Gasteiger partial charge in [-0.2, -0.15) is 5.26 Å². The van der Waals surface area contributed by atoms with Crippen LogP contribution in [-0.2, 0) is 9.47 Å². The number of halogens is 1. The number of benzene rings is 2. The number of hydrazine groups is 1. The highest BCUT2D eigenvalue weighted by Crippen LogP contribution is 2.23. The van der Waals surface area contributed by atoms with Gasteiger partial charge < -0.3 is 14.8 Å². The minimum absolute atomic E-state index is 0.0704. The average molecular weight is 483 g/mol. The Morgan fingerprint density at radius 3 is 2.71 bits per heavy atom. The Morgan fingerprint density at radius 1 is 1.23 bits per heavy atom. The predicted molar refractivity (Wildman–Crippen MR) is 130 cm³/mol. The van der Waals surface area contributed by atoms with Gasteiger partial charge in [-0.3, -0.25) is 10.1 Å². The maximum Gasteiger partial charge on any atom is 0.257 e. The van der Waals surface area contributed by atoms with Gasteiger partial charge in [-0.1, -0.05) is 18.2 Å². The van der Waals surface area contributed by atoms with Gasteiger partial charge in [0.15, 0.2) is 5.96 Å². The molecule has 0 radical (unpaired) electrons. The molecule has 2 unspecified atom stereocenters. The fourth-order valence-electron chi connectivity index (χ4n) is 3.52. The number of nitrogens with zero attached hydrogens (tertiary/aromatic N) is 2. The molecule has 1 amide bonds. The first kappa shape index (κ1) is 26.2. The zero-order chi connectivity index (χ0) is 25.3. The van der Waals surface area contributed by atoms with Crippen molar-refractivity contribution in [1.29, 1.82) is 5.26 Å². The van der Waals surface area contributed by atoms with E-state index in [-0.39, 0.29) is 24.0 Å². The van der Waals surface area contributed by atoms with E-state index >= 15 is 0 Å². The van der Waals surface area contributed by atoms with Crippen LogP contribution in [0.1, 0.15) is 47.8 Å². The van der Waals surface area contributed by atoms with Crippen LogP contribution in [0.4, 0.5) is 4.39 Å². The Labute approximate surface area is 204 Å². The molecule has 2 atom stereocenters. The molecule has 0 spiro atoms. The van der Waals surface area contributed by atoms with Gasteiger partial charge in [0, 0.05) is 25.1 Å². The molecule has 186 valence electrons. The van der Waals surface area contributed by atoms with Crippen molar-refractivity contribution in [2.24, 2.45) is 4.99 Å². The van der Waals surface area contributed by atoms with Gasteiger partial charge >= 0.3 is 0 Å². The molecule has 0 aliphatic carbocycles. The van der Waals surface area contributed by atoms with E-state index in [4.69, 9.17) is 14.7 Å². The maximum absolute atomic E-state index is 13.3. The Bertz CT molecular complexity index is 1070. The summed E-state index contributed by atoms with van der Waals surface area (Å²) in [6.07, 6.45) is 0.227. The fraction of sp³-hybridized carbons (Fsp3) is 0.400. The first-order chi connectivity index (χ1) is 16.8. The van der Waals surface area contributed by atoms with E-state index in [0.29, 0.717) is 37.4 Å². The maximum atomic E-state index is 13.3. The fourth-order valence-corrected chi connectivity index (χ4v) is 3.52. The molecule has 10 heteroatoms. The largest absolute Gasteiger partial charge is 0.382 e. The third kappa shape index (κ3) is 8.12. The van der Waals surface area contributed by atoms with Crippen LogP contribution < -0.4 is 21.5 Å². The molecule has 1 aliphatic heterocycles. The van der Waals surface area contributed by atoms with E-state index in [1.165, 1.54) is 18.2 Å². The van der Waals surface area contributed by atoms with Crippen molar-refractivity contribution < 1.29 is 18.7 Å². The smallest absolute Gasteiger partial charge is 0.257 e. The van der Waals surface area contributed by atoms with Crippen molar-refractivity contribution in [2.45, 2.75) is 38.0 Å². The van der Waals surface area contributed by atoms with Crippen LogP contribution in [0.3, 0.4) is 0 Å². The molecular weight excluding hydrogens is 451 g/mol. The number of nitrogens with one attached hydrogen (secondary N) is 4. The number of hydrogen-bond acceptors (Lipinski definition) is 7. The molecule has 0 saturated carbocycles. The van der Waals surface area contributed by atoms with Crippen molar-refractivity contribution in [2.75, 3.05) is 26.9 Å². The Hall–Kier alpha value is -3.36. The highest BCUT2D eigenvalue weighted by molar-refractivity contribution is 6.06. The third-order valence-electron chi connectivity index (χ3n) is 5.28. The molecule has 0 aromatic heterocycles. The third-order valence-corrected chi connectivity index (χ3v) is 5.28. The summed E-state index contributed by atoms with van der Waals surface area (Å²) in [7, 11) is 1.61. The molecule has 1 heterocycles. The molecule has 4 N–H and O–H groups in total. The first-order valence-electron chi connectivity index (χ1n) is 11.3. The average Bonchev–Trinajstić information content (AvgIpc) is 3.30. The number of amides is 1. The molecule has 3 rings (SSSR count). The zero-order valence-corrected chi connectivity index (χ0v) is 20.1. The molecule has 1 aliphatic rings. The quantitative estimate of drug-likeness (QED) is 0.246. The van der Waals surface area contributed by atoms with E-state index < -0.39 is 11.4 Å². The minimum Gasteiger partial charge on any atom is -0.382 e. The molecule has 2 aromatic rings. The van der Waals surface area contributed by atoms with Gasteiger partial charge in [0.05, 0.1) is 37.0 Å². The molecule has 0 bridgehead atoms. The second kappa shape index (κ2) is 12.4. The summed E-state index contributed by atoms with van der Waals surface area (Å²) >= 11 is 0. The van der Waals surface area contributed by atoms with Crippen molar-refractivity contribution in [3.05, 3.63) is 71.0 Å². The van der Waals surface area contributed by atoms with E-state index in [9.17, 15) is 9.18 Å². The number of guanidine groups is 1. The summed E-state index contributed by atoms with van der Waals surface area (Å²) < 4.78 is 24.0. The number of aliphatic imine (C=N–C) groups is 1. The van der Waals surface area contributed by atoms with Gasteiger partial charge in [-0.15, -0.1) is 0 Å². The summed E-state index contributed by atoms with van der Waals surface area (Å²) in [5.74, 6) is -0.429. The van der Waals surface area contributed by atoms with Crippen LogP contribution >= 0.6 is 0 Å². The van der Waals surface area contributed by atoms with Crippen LogP contribution in [0, 0.1) is 17.1 Å². The lowest BCUT2D eigenvalue weighted by Crippen LogP contribution is -2.54. The summed E-state index contributed by atoms with van der Waals surface area (Å²) in [6, 6.07) is 14.7. The van der Waals surface area contributed by atoms with E-state index in [2.05, 4.69) is 26.5 Å². The lowest BCUT2D eigenvalue weighted by molar-refractivity contribution is 0.0458. The number of carbonyl (C=O) groups is 1. The number of rotatable bonds is 9. The predicted octanol–water partition coefficient (Wildman–Crippen LogP) is 2.38. The Balaban J connectivity index is 1.74. The van der Waals surface area contributed by atoms with Gasteiger partial charge in [0.2, 0.25) is 0 Å². The van der Waals surface area contributed by atoms with Crippen LogP contribution in [0.25, 0.3) is 0 Å². The zero-order valence-electron chi connectivity index (χ0n) is 20.1. The highest BCUT2D eigenvalue weighted by Gasteiger charge is 2.27. The van der Waals surface area contributed by atoms with Gasteiger partial charge in [-0.05, 0) is 49.7 Å². The number of carbonyl (C=O) groups excluding carboxylic acids is 1. The van der Waals surface area contributed by atoms with E-state index in [0.717, 1.165) is 5.56 Å². The molecule has 1 fully saturated rings. The number of hydrogen-bond donors (Lipinski definition) is 4. The molecule has 1 saturated heterocycles. The number of nitriles is 1. The van der Waals surface area contributed by atoms with Gasteiger partial charge in [-0.25, -0.2) is 20.2 Å². The van der Waals surface area contributed by atoms with E-state index in [1.807, 2.05) is 19.9 Å². The minimum atomic E-state index is -0.559. The van der Waals surface area contributed by atoms with Crippen molar-refractivity contribution in [3.8, 4) is 6.07 Å². The molecule has 35 heavy (non-hydrogen) atoms. The number of methoxy groups -OCH3 is 1. The molecular formula is C25H31FN6O3. The van der Waals surface area contributed by atoms with Gasteiger partial charge in [0.1, 0.15) is 12.0 Å². The number of ether oxygens (including phenoxy) is 2. The second-order valence-corrected chi connectivity index (χ2v) is 8.82. The topological polar surface area (TPSA) is 120 Å². The van der Waals surface area contributed by atoms with Crippen LogP contribution in [0.5, 0.6) is 0 Å². The Kier molecular flexibility index (Phi) is 9.28. The lowest BCUT2D eigenvalue weighted by atomic mass is 10.0. The van der Waals surface area contributed by atoms with Crippen LogP contribution in [-0.4, -0.2) is 50.5 Å². The summed E-state index contributed by atoms with van der Waals surface area (Å²) in [5, 5.41) is 15.2. The van der Waals surface area contributed by atoms with Crippen LogP contribution in [0.2, 0.25) is 0 Å². The van der Waals surface area contributed by atoms with Crippen molar-refractivity contribution in [3.63, 3.8) is 0 Å². The van der Waals surface area contributed by atoms with Gasteiger partial charge in [0.25, 0.3) is 5.91 Å². The summed E-state index contributed by atoms with van der Waals surface area (Å²) in [5.41, 5.74) is 7.38. The van der Waals surface area contributed by atoms with Crippen LogP contribution in [0.15, 0.2) is 53.5 Å². The molecule has 9 nitrogen and oxygen atoms in total. The Morgan fingerprint density at radius 2 is 2.00 bits per heavy atom. The first-order valence-corrected chi connectivity index (χ1v) is 11.3. The lowest BCUT2D eigenvalue weighted by Gasteiger charge is -2.28. The highest BCUT2D eigenvalue weighted by atomic mass is 19.1.